The minimum atomic E-state index is -0.789. The summed E-state index contributed by atoms with van der Waals surface area (Å²) in [5, 5.41) is 0. The lowest BCUT2D eigenvalue weighted by Gasteiger charge is -2.51. The summed E-state index contributed by atoms with van der Waals surface area (Å²) in [6, 6.07) is 7.56. The molecule has 1 amide bonds. The largest absolute Gasteiger partial charge is 0.468 e. The fourth-order valence-electron chi connectivity index (χ4n) is 3.19. The fraction of sp³-hybridized carbons (Fsp3) is 0.467. The van der Waals surface area contributed by atoms with Crippen LogP contribution in [-0.2, 0) is 14.3 Å². The second kappa shape index (κ2) is 4.23. The Morgan fingerprint density at radius 1 is 1.45 bits per heavy atom. The molecule has 0 N–H and O–H groups in total. The number of hydrogen-bond acceptors (Lipinski definition) is 4. The highest BCUT2D eigenvalue weighted by Gasteiger charge is 2.55. The number of ether oxygens (including phenoxy) is 2. The number of para-hydroxylation sites is 1. The van der Waals surface area contributed by atoms with E-state index in [1.54, 1.807) is 7.05 Å². The maximum atomic E-state index is 12.5. The second-order valence-corrected chi connectivity index (χ2v) is 5.52. The first-order chi connectivity index (χ1) is 9.48. The SMILES string of the molecule is COC(=O)[C@H]1C(=O)N(C)[C@@]2(C)C[C@H]1c1ccccc1O2. The van der Waals surface area contributed by atoms with Crippen molar-refractivity contribution in [2.45, 2.75) is 25.0 Å². The Hall–Kier alpha value is -2.04. The molecule has 2 bridgehead atoms. The van der Waals surface area contributed by atoms with Gasteiger partial charge in [-0.25, -0.2) is 0 Å². The Morgan fingerprint density at radius 2 is 2.15 bits per heavy atom. The average molecular weight is 275 g/mol. The molecule has 0 aromatic heterocycles. The van der Waals surface area contributed by atoms with Gasteiger partial charge in [0.2, 0.25) is 5.91 Å². The highest BCUT2D eigenvalue weighted by Crippen LogP contribution is 2.49. The average Bonchev–Trinajstić information content (AvgIpc) is 2.44. The molecule has 0 radical (unpaired) electrons. The number of methoxy groups -OCH3 is 1. The van der Waals surface area contributed by atoms with Crippen LogP contribution in [0.2, 0.25) is 0 Å². The van der Waals surface area contributed by atoms with Gasteiger partial charge in [0.05, 0.1) is 7.11 Å². The normalized spacial score (nSPS) is 31.4. The number of benzene rings is 1. The molecular weight excluding hydrogens is 258 g/mol. The van der Waals surface area contributed by atoms with Crippen LogP contribution in [0.5, 0.6) is 5.75 Å². The first kappa shape index (κ1) is 13.0. The number of hydrogen-bond donors (Lipinski definition) is 0. The Balaban J connectivity index is 2.14. The zero-order valence-corrected chi connectivity index (χ0v) is 11.8. The molecule has 0 spiro atoms. The zero-order valence-electron chi connectivity index (χ0n) is 11.8. The number of esters is 1. The summed E-state index contributed by atoms with van der Waals surface area (Å²) in [6.07, 6.45) is 0.589. The Bertz CT molecular complexity index is 585. The first-order valence-corrected chi connectivity index (χ1v) is 6.61. The number of piperidine rings is 1. The van der Waals surface area contributed by atoms with Gasteiger partial charge in [-0.1, -0.05) is 18.2 Å². The quantitative estimate of drug-likeness (QED) is 0.576. The van der Waals surface area contributed by atoms with Crippen molar-refractivity contribution >= 4 is 11.9 Å². The molecule has 2 aliphatic heterocycles. The molecule has 5 heteroatoms. The molecule has 2 aliphatic rings. The highest BCUT2D eigenvalue weighted by molar-refractivity contribution is 6.00. The van der Waals surface area contributed by atoms with Crippen molar-refractivity contribution in [2.75, 3.05) is 14.2 Å². The van der Waals surface area contributed by atoms with E-state index in [0.717, 1.165) is 11.3 Å². The van der Waals surface area contributed by atoms with E-state index in [1.165, 1.54) is 12.0 Å². The number of likely N-dealkylation sites (tertiary alicyclic amines) is 1. The van der Waals surface area contributed by atoms with E-state index in [9.17, 15) is 9.59 Å². The molecule has 1 saturated heterocycles. The summed E-state index contributed by atoms with van der Waals surface area (Å²) in [6.45, 7) is 1.88. The van der Waals surface area contributed by atoms with Crippen LogP contribution in [0.3, 0.4) is 0 Å². The van der Waals surface area contributed by atoms with Crippen LogP contribution in [0.1, 0.15) is 24.8 Å². The van der Waals surface area contributed by atoms with Crippen molar-refractivity contribution in [2.24, 2.45) is 5.92 Å². The molecule has 3 atom stereocenters. The van der Waals surface area contributed by atoms with Crippen LogP contribution in [0.25, 0.3) is 0 Å². The van der Waals surface area contributed by atoms with E-state index in [-0.39, 0.29) is 11.8 Å². The van der Waals surface area contributed by atoms with Gasteiger partial charge in [0.1, 0.15) is 11.7 Å². The third-order valence-corrected chi connectivity index (χ3v) is 4.41. The van der Waals surface area contributed by atoms with Gasteiger partial charge < -0.3 is 14.4 Å². The van der Waals surface area contributed by atoms with E-state index in [0.29, 0.717) is 6.42 Å². The van der Waals surface area contributed by atoms with Crippen LogP contribution < -0.4 is 4.74 Å². The van der Waals surface area contributed by atoms with Gasteiger partial charge in [-0.15, -0.1) is 0 Å². The molecule has 106 valence electrons. The summed E-state index contributed by atoms with van der Waals surface area (Å²) in [7, 11) is 2.98. The van der Waals surface area contributed by atoms with Crippen molar-refractivity contribution in [3.8, 4) is 5.75 Å². The molecule has 0 aliphatic carbocycles. The standard InChI is InChI=1S/C15H17NO4/c1-15-8-10(9-6-4-5-7-11(9)20-15)12(14(18)19-3)13(17)16(15)2/h4-7,10,12H,8H2,1-3H3/t10-,12+,15+/m0/s1. The third kappa shape index (κ3) is 1.62. The van der Waals surface area contributed by atoms with Gasteiger partial charge in [0, 0.05) is 19.4 Å². The Morgan fingerprint density at radius 3 is 2.85 bits per heavy atom. The molecule has 0 unspecified atom stereocenters. The number of carbonyl (C=O) groups excluding carboxylic acids is 2. The van der Waals surface area contributed by atoms with Crippen LogP contribution in [0.15, 0.2) is 24.3 Å². The van der Waals surface area contributed by atoms with E-state index in [1.807, 2.05) is 31.2 Å². The summed E-state index contributed by atoms with van der Waals surface area (Å²) in [5.74, 6) is -0.973. The molecule has 2 heterocycles. The van der Waals surface area contributed by atoms with Gasteiger partial charge in [-0.05, 0) is 18.6 Å². The molecule has 0 saturated carbocycles. The molecule has 20 heavy (non-hydrogen) atoms. The van der Waals surface area contributed by atoms with Crippen molar-refractivity contribution < 1.29 is 19.1 Å². The summed E-state index contributed by atoms with van der Waals surface area (Å²) < 4.78 is 10.8. The van der Waals surface area contributed by atoms with Gasteiger partial charge in [0.25, 0.3) is 0 Å². The van der Waals surface area contributed by atoms with Crippen molar-refractivity contribution in [3.05, 3.63) is 29.8 Å². The number of amides is 1. The fourth-order valence-corrected chi connectivity index (χ4v) is 3.19. The van der Waals surface area contributed by atoms with Gasteiger partial charge >= 0.3 is 5.97 Å². The lowest BCUT2D eigenvalue weighted by atomic mass is 9.74. The molecule has 3 rings (SSSR count). The number of rotatable bonds is 1. The lowest BCUT2D eigenvalue weighted by Crippen LogP contribution is -2.62. The maximum Gasteiger partial charge on any atom is 0.318 e. The van der Waals surface area contributed by atoms with Crippen LogP contribution in [0, 0.1) is 5.92 Å². The van der Waals surface area contributed by atoms with Gasteiger partial charge in [-0.3, -0.25) is 9.59 Å². The minimum Gasteiger partial charge on any atom is -0.468 e. The Labute approximate surface area is 117 Å². The number of carbonyl (C=O) groups is 2. The highest BCUT2D eigenvalue weighted by atomic mass is 16.5. The van der Waals surface area contributed by atoms with Crippen molar-refractivity contribution in [3.63, 3.8) is 0 Å². The topological polar surface area (TPSA) is 55.8 Å². The monoisotopic (exact) mass is 275 g/mol. The molecular formula is C15H17NO4. The van der Waals surface area contributed by atoms with Gasteiger partial charge in [0.15, 0.2) is 5.72 Å². The molecule has 5 nitrogen and oxygen atoms in total. The van der Waals surface area contributed by atoms with Crippen LogP contribution >= 0.6 is 0 Å². The summed E-state index contributed by atoms with van der Waals surface area (Å²) in [5.41, 5.74) is 0.197. The predicted molar refractivity (Wildman–Crippen MR) is 71.1 cm³/mol. The van der Waals surface area contributed by atoms with E-state index in [2.05, 4.69) is 0 Å². The molecule has 1 aromatic carbocycles. The van der Waals surface area contributed by atoms with Crippen molar-refractivity contribution in [1.82, 2.24) is 4.90 Å². The number of fused-ring (bicyclic) bond motifs is 4. The summed E-state index contributed by atoms with van der Waals surface area (Å²) >= 11 is 0. The van der Waals surface area contributed by atoms with Crippen molar-refractivity contribution in [1.29, 1.82) is 0 Å². The third-order valence-electron chi connectivity index (χ3n) is 4.41. The summed E-state index contributed by atoms with van der Waals surface area (Å²) in [4.78, 5) is 26.0. The van der Waals surface area contributed by atoms with E-state index < -0.39 is 17.6 Å². The lowest BCUT2D eigenvalue weighted by molar-refractivity contribution is -0.177. The van der Waals surface area contributed by atoms with Crippen LogP contribution in [-0.4, -0.2) is 36.7 Å². The van der Waals surface area contributed by atoms with Gasteiger partial charge in [-0.2, -0.15) is 0 Å². The smallest absolute Gasteiger partial charge is 0.318 e. The minimum absolute atomic E-state index is 0.193. The molecule has 1 fully saturated rings. The van der Waals surface area contributed by atoms with Crippen LogP contribution in [0.4, 0.5) is 0 Å². The first-order valence-electron chi connectivity index (χ1n) is 6.61. The molecule has 1 aromatic rings. The Kier molecular flexibility index (Phi) is 2.74. The second-order valence-electron chi connectivity index (χ2n) is 5.52. The predicted octanol–water partition coefficient (Wildman–Crippen LogP) is 1.53. The van der Waals surface area contributed by atoms with E-state index >= 15 is 0 Å². The zero-order chi connectivity index (χ0) is 14.5. The number of nitrogens with zero attached hydrogens (tertiary/aromatic N) is 1. The van der Waals surface area contributed by atoms with E-state index in [4.69, 9.17) is 9.47 Å². The maximum absolute atomic E-state index is 12.5.